The maximum atomic E-state index is 5.29. The lowest BCUT2D eigenvalue weighted by Gasteiger charge is -2.14. The molecule has 0 saturated heterocycles. The third-order valence-corrected chi connectivity index (χ3v) is 23.2. The van der Waals surface area contributed by atoms with Crippen LogP contribution in [0.5, 0.6) is 0 Å². The molecule has 0 N–H and O–H groups in total. The highest BCUT2D eigenvalue weighted by Crippen LogP contribution is 2.42. The van der Waals surface area contributed by atoms with Gasteiger partial charge in [-0.2, -0.15) is 0 Å². The van der Waals surface area contributed by atoms with E-state index in [-0.39, 0.29) is 0 Å². The van der Waals surface area contributed by atoms with Crippen LogP contribution in [0.4, 0.5) is 0 Å². The summed E-state index contributed by atoms with van der Waals surface area (Å²) in [6.07, 6.45) is 14.4. The molecule has 0 atom stereocenters. The van der Waals surface area contributed by atoms with Gasteiger partial charge >= 0.3 is 0 Å². The number of nitrogens with zero attached hydrogens (tertiary/aromatic N) is 12. The third kappa shape index (κ3) is 16.6. The van der Waals surface area contributed by atoms with E-state index < -0.39 is 0 Å². The van der Waals surface area contributed by atoms with Gasteiger partial charge in [0.2, 0.25) is 0 Å². The van der Waals surface area contributed by atoms with E-state index in [1.54, 1.807) is 49.6 Å². The first kappa shape index (κ1) is 77.8. The van der Waals surface area contributed by atoms with Gasteiger partial charge in [-0.1, -0.05) is 340 Å². The molecule has 0 aliphatic rings. The second kappa shape index (κ2) is 35.5. The summed E-state index contributed by atoms with van der Waals surface area (Å²) in [6, 6.07) is 143. The Labute approximate surface area is 741 Å². The zero-order valence-corrected chi connectivity index (χ0v) is 69.2. The van der Waals surface area contributed by atoms with E-state index in [0.29, 0.717) is 23.3 Å². The van der Waals surface area contributed by atoms with Gasteiger partial charge in [-0.15, -0.1) is 0 Å². The van der Waals surface area contributed by atoms with Crippen LogP contribution < -0.4 is 0 Å². The summed E-state index contributed by atoms with van der Waals surface area (Å²) in [7, 11) is 0. The molecule has 0 spiro atoms. The molecule has 600 valence electrons. The SMILES string of the molecule is c1ccc(-c2ccc(-c3cc(-c4ccncc4)nc(-c4cccc5c(-c6nc(-c7ccncc7)cc(-c7ccc(-c8ccccc8)cc7)n6)cccc45)n3)cc2)cc1.c1ccc(-c2ccc(-c3ccc(-c4cc(-c5ccncc5)nc(-c5cccc6c(-c7nc(-c8ccncc8)cc(-c8ccc(-c9ccc(-c%10ccccc%10)cc9)cc8)n7)cccc56)n4)cc3)cc2)cc1. The highest BCUT2D eigenvalue weighted by molar-refractivity contribution is 6.05. The zero-order chi connectivity index (χ0) is 85.3. The summed E-state index contributed by atoms with van der Waals surface area (Å²) in [4.78, 5) is 59.0. The number of pyridine rings is 4. The van der Waals surface area contributed by atoms with Crippen molar-refractivity contribution in [3.05, 3.63) is 462 Å². The fourth-order valence-electron chi connectivity index (χ4n) is 16.5. The summed E-state index contributed by atoms with van der Waals surface area (Å²) in [5, 5.41) is 4.00. The van der Waals surface area contributed by atoms with Crippen molar-refractivity contribution in [2.24, 2.45) is 0 Å². The largest absolute Gasteiger partial charge is 0.265 e. The lowest BCUT2D eigenvalue weighted by atomic mass is 9.97. The fourth-order valence-corrected chi connectivity index (χ4v) is 16.5. The molecule has 0 radical (unpaired) electrons. The smallest absolute Gasteiger partial charge is 0.161 e. The van der Waals surface area contributed by atoms with Gasteiger partial charge < -0.3 is 0 Å². The maximum absolute atomic E-state index is 5.29. The van der Waals surface area contributed by atoms with Gasteiger partial charge in [0, 0.05) is 116 Å². The van der Waals surface area contributed by atoms with Crippen molar-refractivity contribution >= 4 is 21.5 Å². The predicted octanol–water partition coefficient (Wildman–Crippen LogP) is 28.4. The van der Waals surface area contributed by atoms with E-state index in [2.05, 4.69) is 360 Å². The van der Waals surface area contributed by atoms with Crippen LogP contribution >= 0.6 is 0 Å². The second-order valence-corrected chi connectivity index (χ2v) is 31.1. The van der Waals surface area contributed by atoms with E-state index in [9.17, 15) is 0 Å². The molecule has 128 heavy (non-hydrogen) atoms. The Bertz CT molecular complexity index is 7220. The minimum atomic E-state index is 0.620. The monoisotopic (exact) mass is 1640 g/mol. The molecule has 0 saturated carbocycles. The Hall–Kier alpha value is -17.5. The number of rotatable bonds is 18. The summed E-state index contributed by atoms with van der Waals surface area (Å²) < 4.78 is 0. The lowest BCUT2D eigenvalue weighted by molar-refractivity contribution is 1.18. The summed E-state index contributed by atoms with van der Waals surface area (Å²) in [5.74, 6) is 2.50. The van der Waals surface area contributed by atoms with Crippen LogP contribution in [0.2, 0.25) is 0 Å². The van der Waals surface area contributed by atoms with Gasteiger partial charge in [-0.3, -0.25) is 19.9 Å². The molecule has 8 heterocycles. The van der Waals surface area contributed by atoms with Crippen LogP contribution in [-0.2, 0) is 0 Å². The van der Waals surface area contributed by atoms with Crippen LogP contribution in [-0.4, -0.2) is 59.8 Å². The molecule has 0 aliphatic heterocycles. The Morgan fingerprint density at radius 2 is 0.250 bits per heavy atom. The highest BCUT2D eigenvalue weighted by Gasteiger charge is 2.22. The highest BCUT2D eigenvalue weighted by atomic mass is 14.9. The number of benzene rings is 14. The number of aromatic nitrogens is 12. The first-order chi connectivity index (χ1) is 63.4. The topological polar surface area (TPSA) is 155 Å². The van der Waals surface area contributed by atoms with Crippen LogP contribution in [0.1, 0.15) is 0 Å². The third-order valence-electron chi connectivity index (χ3n) is 23.2. The Morgan fingerprint density at radius 3 is 0.414 bits per heavy atom. The molecule has 0 aliphatic carbocycles. The molecule has 12 nitrogen and oxygen atoms in total. The van der Waals surface area contributed by atoms with Gasteiger partial charge in [0.1, 0.15) is 0 Å². The summed E-state index contributed by atoms with van der Waals surface area (Å²) in [6.45, 7) is 0. The standard InChI is InChI=1S/C64H42N6.C52H34N6/c1-3-9-43(10-4-1)45-17-21-47(22-18-45)49-25-29-51(30-26-49)59-41-61(53-33-37-65-38-34-53)69-63(67-59)57-15-7-14-56-55(57)13-8-16-58(56)64-68-60(42-62(70-64)54-35-39-66-40-36-54)52-31-27-50(28-32-52)48-23-19-46(20-24-48)44-11-5-2-6-12-44;1-3-9-35(10-4-1)37-17-21-39(22-18-37)47-33-49(41-25-29-53-30-26-41)57-51(55-47)45-15-7-14-44-43(45)13-8-16-46(44)52-56-48(34-50(58-52)42-27-31-54-32-28-42)40-23-19-38(20-24-40)36-11-5-2-6-12-36/h1-42H;1-34H. The van der Waals surface area contributed by atoms with Crippen LogP contribution in [0.25, 0.3) is 224 Å². The van der Waals surface area contributed by atoms with Crippen molar-refractivity contribution in [1.29, 1.82) is 0 Å². The van der Waals surface area contributed by atoms with Gasteiger partial charge in [0.05, 0.1) is 45.6 Å². The van der Waals surface area contributed by atoms with Crippen molar-refractivity contribution in [3.63, 3.8) is 0 Å². The quantitative estimate of drug-likeness (QED) is 0.0803. The van der Waals surface area contributed by atoms with Gasteiger partial charge in [-0.25, -0.2) is 39.9 Å². The number of hydrogen-bond acceptors (Lipinski definition) is 12. The molecular weight excluding hydrogens is 1560 g/mol. The number of fused-ring (bicyclic) bond motifs is 2. The summed E-state index contributed by atoms with van der Waals surface area (Å²) in [5.41, 5.74) is 32.1. The predicted molar refractivity (Wildman–Crippen MR) is 519 cm³/mol. The molecular formula is C116H76N12. The van der Waals surface area contributed by atoms with E-state index >= 15 is 0 Å². The molecule has 0 fully saturated rings. The molecule has 0 bridgehead atoms. The van der Waals surface area contributed by atoms with E-state index in [1.807, 2.05) is 72.8 Å². The first-order valence-corrected chi connectivity index (χ1v) is 42.5. The molecule has 0 unspecified atom stereocenters. The van der Waals surface area contributed by atoms with E-state index in [0.717, 1.165) is 167 Å². The minimum Gasteiger partial charge on any atom is -0.265 e. The fraction of sp³-hybridized carbons (Fsp3) is 0. The Kier molecular flexibility index (Phi) is 21.6. The normalized spacial score (nSPS) is 11.1. The zero-order valence-electron chi connectivity index (χ0n) is 69.2. The minimum absolute atomic E-state index is 0.620. The molecule has 8 aromatic heterocycles. The lowest BCUT2D eigenvalue weighted by Crippen LogP contribution is -1.98. The molecule has 12 heteroatoms. The summed E-state index contributed by atoms with van der Waals surface area (Å²) >= 11 is 0. The van der Waals surface area contributed by atoms with E-state index in [1.165, 1.54) is 33.4 Å². The van der Waals surface area contributed by atoms with E-state index in [4.69, 9.17) is 39.9 Å². The van der Waals surface area contributed by atoms with Crippen molar-refractivity contribution in [3.8, 4) is 202 Å². The Morgan fingerprint density at radius 1 is 0.109 bits per heavy atom. The second-order valence-electron chi connectivity index (χ2n) is 31.1. The average Bonchev–Trinajstić information content (AvgIpc) is 0.762. The maximum Gasteiger partial charge on any atom is 0.161 e. The van der Waals surface area contributed by atoms with Gasteiger partial charge in [0.25, 0.3) is 0 Å². The molecule has 22 aromatic rings. The van der Waals surface area contributed by atoms with Crippen molar-refractivity contribution in [2.75, 3.05) is 0 Å². The average molecular weight is 1640 g/mol. The molecule has 0 amide bonds. The van der Waals surface area contributed by atoms with Gasteiger partial charge in [0.15, 0.2) is 23.3 Å². The van der Waals surface area contributed by atoms with Crippen molar-refractivity contribution in [2.45, 2.75) is 0 Å². The number of hydrogen-bond donors (Lipinski definition) is 0. The van der Waals surface area contributed by atoms with Crippen molar-refractivity contribution in [1.82, 2.24) is 59.8 Å². The molecule has 14 aromatic carbocycles. The van der Waals surface area contributed by atoms with Gasteiger partial charge in [-0.05, 0) is 161 Å². The van der Waals surface area contributed by atoms with Crippen LogP contribution in [0.3, 0.4) is 0 Å². The first-order valence-electron chi connectivity index (χ1n) is 42.5. The van der Waals surface area contributed by atoms with Crippen LogP contribution in [0.15, 0.2) is 462 Å². The molecule has 22 rings (SSSR count). The van der Waals surface area contributed by atoms with Crippen LogP contribution in [0, 0.1) is 0 Å². The van der Waals surface area contributed by atoms with Crippen molar-refractivity contribution < 1.29 is 0 Å². The Balaban J connectivity index is 0.000000158.